The van der Waals surface area contributed by atoms with Gasteiger partial charge < -0.3 is 19.3 Å². The van der Waals surface area contributed by atoms with Crippen LogP contribution in [-0.4, -0.2) is 38.1 Å². The number of para-hydroxylation sites is 1. The molecule has 4 rings (SSSR count). The van der Waals surface area contributed by atoms with E-state index in [0.29, 0.717) is 11.3 Å². The van der Waals surface area contributed by atoms with Gasteiger partial charge in [0, 0.05) is 11.3 Å². The molecule has 0 spiro atoms. The van der Waals surface area contributed by atoms with Crippen molar-refractivity contribution in [3.05, 3.63) is 89.2 Å². The van der Waals surface area contributed by atoms with Gasteiger partial charge in [0.05, 0.1) is 32.9 Å². The van der Waals surface area contributed by atoms with Crippen LogP contribution in [0.5, 0.6) is 17.2 Å². The summed E-state index contributed by atoms with van der Waals surface area (Å²) in [7, 11) is 4.30. The number of carbonyl (C=O) groups excluding carboxylic acids is 2. The Hall–Kier alpha value is -4.33. The predicted molar refractivity (Wildman–Crippen MR) is 124 cm³/mol. The highest BCUT2D eigenvalue weighted by molar-refractivity contribution is 6.51. The SMILES string of the molecule is COc1ccccc1C1/C(=C(\O)c2c(OC)cccc2OC)C(=O)C(=O)N1c1ccc(F)cc1. The molecule has 3 aromatic carbocycles. The molecule has 1 heterocycles. The second kappa shape index (κ2) is 9.27. The molecule has 3 aromatic rings. The maximum absolute atomic E-state index is 13.6. The minimum atomic E-state index is -1.06. The van der Waals surface area contributed by atoms with Crippen molar-refractivity contribution in [2.75, 3.05) is 26.2 Å². The molecular formula is C26H22FNO6. The molecule has 0 saturated carbocycles. The topological polar surface area (TPSA) is 85.3 Å². The highest BCUT2D eigenvalue weighted by Gasteiger charge is 2.48. The predicted octanol–water partition coefficient (Wildman–Crippen LogP) is 4.48. The molecule has 1 atom stereocenters. The number of ether oxygens (including phenoxy) is 3. The molecule has 1 saturated heterocycles. The molecule has 34 heavy (non-hydrogen) atoms. The van der Waals surface area contributed by atoms with Crippen molar-refractivity contribution in [3.63, 3.8) is 0 Å². The maximum atomic E-state index is 13.6. The molecule has 1 unspecified atom stereocenters. The van der Waals surface area contributed by atoms with Gasteiger partial charge in [-0.15, -0.1) is 0 Å². The minimum Gasteiger partial charge on any atom is -0.506 e. The van der Waals surface area contributed by atoms with Crippen molar-refractivity contribution in [1.29, 1.82) is 0 Å². The van der Waals surface area contributed by atoms with Gasteiger partial charge in [-0.1, -0.05) is 24.3 Å². The van der Waals surface area contributed by atoms with Crippen molar-refractivity contribution in [3.8, 4) is 17.2 Å². The quantitative estimate of drug-likeness (QED) is 0.330. The molecule has 7 nitrogen and oxygen atoms in total. The Morgan fingerprint density at radius 1 is 0.824 bits per heavy atom. The van der Waals surface area contributed by atoms with Gasteiger partial charge in [0.1, 0.15) is 34.4 Å². The highest BCUT2D eigenvalue weighted by Crippen LogP contribution is 2.47. The van der Waals surface area contributed by atoms with E-state index in [2.05, 4.69) is 0 Å². The molecule has 1 fully saturated rings. The summed E-state index contributed by atoms with van der Waals surface area (Å²) in [6, 6.07) is 15.8. The van der Waals surface area contributed by atoms with Gasteiger partial charge in [-0.3, -0.25) is 14.5 Å². The fraction of sp³-hybridized carbons (Fsp3) is 0.154. The van der Waals surface area contributed by atoms with Crippen molar-refractivity contribution < 1.29 is 33.3 Å². The van der Waals surface area contributed by atoms with Crippen molar-refractivity contribution in [1.82, 2.24) is 0 Å². The Morgan fingerprint density at radius 3 is 1.97 bits per heavy atom. The standard InChI is InChI=1S/C26H22FNO6/c1-32-18-8-5-4-7-17(18)23-22(24(29)21-19(33-2)9-6-10-20(21)34-3)25(30)26(31)28(23)16-13-11-15(27)12-14-16/h4-14,23,29H,1-3H3/b24-22+. The summed E-state index contributed by atoms with van der Waals surface area (Å²) in [5.41, 5.74) is 0.695. The number of methoxy groups -OCH3 is 3. The zero-order chi connectivity index (χ0) is 24.4. The van der Waals surface area contributed by atoms with E-state index in [1.165, 1.54) is 50.5 Å². The van der Waals surface area contributed by atoms with E-state index in [0.717, 1.165) is 0 Å². The third-order valence-corrected chi connectivity index (χ3v) is 5.65. The second-order valence-electron chi connectivity index (χ2n) is 7.42. The van der Waals surface area contributed by atoms with E-state index in [1.807, 2.05) is 0 Å². The number of aliphatic hydroxyl groups is 1. The average Bonchev–Trinajstić information content (AvgIpc) is 3.13. The van der Waals surface area contributed by atoms with E-state index in [-0.39, 0.29) is 28.3 Å². The first-order chi connectivity index (χ1) is 16.4. The number of carbonyl (C=O) groups is 2. The lowest BCUT2D eigenvalue weighted by atomic mass is 9.94. The van der Waals surface area contributed by atoms with E-state index >= 15 is 0 Å². The van der Waals surface area contributed by atoms with Gasteiger partial charge >= 0.3 is 0 Å². The first-order valence-electron chi connectivity index (χ1n) is 10.3. The fourth-order valence-electron chi connectivity index (χ4n) is 4.11. The van der Waals surface area contributed by atoms with Crippen LogP contribution in [-0.2, 0) is 9.59 Å². The number of rotatable bonds is 6. The molecular weight excluding hydrogens is 441 g/mol. The number of halogens is 1. The monoisotopic (exact) mass is 463 g/mol. The summed E-state index contributed by atoms with van der Waals surface area (Å²) in [4.78, 5) is 27.8. The fourth-order valence-corrected chi connectivity index (χ4v) is 4.11. The first kappa shape index (κ1) is 22.8. The molecule has 1 aliphatic heterocycles. The Kier molecular flexibility index (Phi) is 6.23. The molecule has 0 bridgehead atoms. The van der Waals surface area contributed by atoms with Crippen molar-refractivity contribution >= 4 is 23.1 Å². The lowest BCUT2D eigenvalue weighted by molar-refractivity contribution is -0.132. The third-order valence-electron chi connectivity index (χ3n) is 5.65. The summed E-state index contributed by atoms with van der Waals surface area (Å²) >= 11 is 0. The van der Waals surface area contributed by atoms with Crippen LogP contribution in [0.2, 0.25) is 0 Å². The van der Waals surface area contributed by atoms with Gasteiger partial charge in [-0.2, -0.15) is 0 Å². The van der Waals surface area contributed by atoms with E-state index in [9.17, 15) is 19.1 Å². The van der Waals surface area contributed by atoms with Gasteiger partial charge in [0.25, 0.3) is 11.7 Å². The second-order valence-corrected chi connectivity index (χ2v) is 7.42. The minimum absolute atomic E-state index is 0.129. The Balaban J connectivity index is 2.04. The number of ketones is 1. The van der Waals surface area contributed by atoms with Crippen LogP contribution in [0.3, 0.4) is 0 Å². The van der Waals surface area contributed by atoms with Crippen LogP contribution in [0, 0.1) is 5.82 Å². The van der Waals surface area contributed by atoms with Gasteiger partial charge in [-0.25, -0.2) is 4.39 Å². The highest BCUT2D eigenvalue weighted by atomic mass is 19.1. The molecule has 174 valence electrons. The average molecular weight is 463 g/mol. The van der Waals surface area contributed by atoms with Crippen LogP contribution in [0.15, 0.2) is 72.3 Å². The molecule has 1 amide bonds. The normalized spacial score (nSPS) is 17.1. The number of hydrogen-bond donors (Lipinski definition) is 1. The largest absolute Gasteiger partial charge is 0.506 e. The zero-order valence-electron chi connectivity index (χ0n) is 18.7. The number of hydrogen-bond acceptors (Lipinski definition) is 6. The van der Waals surface area contributed by atoms with E-state index in [1.54, 1.807) is 42.5 Å². The van der Waals surface area contributed by atoms with Gasteiger partial charge in [-0.05, 0) is 42.5 Å². The van der Waals surface area contributed by atoms with Crippen LogP contribution < -0.4 is 19.1 Å². The Morgan fingerprint density at radius 2 is 1.38 bits per heavy atom. The first-order valence-corrected chi connectivity index (χ1v) is 10.3. The lowest BCUT2D eigenvalue weighted by Crippen LogP contribution is -2.29. The van der Waals surface area contributed by atoms with Crippen molar-refractivity contribution in [2.45, 2.75) is 6.04 Å². The number of amides is 1. The summed E-state index contributed by atoms with van der Waals surface area (Å²) in [6.45, 7) is 0. The Bertz CT molecular complexity index is 1260. The van der Waals surface area contributed by atoms with Crippen LogP contribution in [0.4, 0.5) is 10.1 Å². The number of Topliss-reactive ketones (excluding diaryl/α,β-unsaturated/α-hetero) is 1. The van der Waals surface area contributed by atoms with Crippen LogP contribution >= 0.6 is 0 Å². The molecule has 1 N–H and O–H groups in total. The van der Waals surface area contributed by atoms with Crippen LogP contribution in [0.1, 0.15) is 17.2 Å². The molecule has 0 aliphatic carbocycles. The van der Waals surface area contributed by atoms with Gasteiger partial charge in [0.2, 0.25) is 0 Å². The zero-order valence-corrected chi connectivity index (χ0v) is 18.7. The maximum Gasteiger partial charge on any atom is 0.300 e. The van der Waals surface area contributed by atoms with Crippen molar-refractivity contribution in [2.24, 2.45) is 0 Å². The van der Waals surface area contributed by atoms with Crippen LogP contribution in [0.25, 0.3) is 5.76 Å². The van der Waals surface area contributed by atoms with E-state index < -0.39 is 29.3 Å². The number of aliphatic hydroxyl groups excluding tert-OH is 1. The summed E-state index contributed by atoms with van der Waals surface area (Å²) in [5, 5.41) is 11.5. The van der Waals surface area contributed by atoms with Gasteiger partial charge in [0.15, 0.2) is 0 Å². The molecule has 1 aliphatic rings. The summed E-state index contributed by atoms with van der Waals surface area (Å²) in [6.07, 6.45) is 0. The number of anilines is 1. The molecule has 8 heteroatoms. The summed E-state index contributed by atoms with van der Waals surface area (Å²) < 4.78 is 29.9. The third kappa shape index (κ3) is 3.73. The lowest BCUT2D eigenvalue weighted by Gasteiger charge is -2.27. The number of nitrogens with zero attached hydrogens (tertiary/aromatic N) is 1. The summed E-state index contributed by atoms with van der Waals surface area (Å²) in [5.74, 6) is -1.84. The molecule has 0 radical (unpaired) electrons. The van der Waals surface area contributed by atoms with E-state index in [4.69, 9.17) is 14.2 Å². The molecule has 0 aromatic heterocycles. The number of benzene rings is 3. The Labute approximate surface area is 195 Å². The smallest absolute Gasteiger partial charge is 0.300 e.